The van der Waals surface area contributed by atoms with Gasteiger partial charge in [-0.1, -0.05) is 5.16 Å². The number of hydrogen-bond acceptors (Lipinski definition) is 3. The summed E-state index contributed by atoms with van der Waals surface area (Å²) < 4.78 is 56.8. The highest BCUT2D eigenvalue weighted by Crippen LogP contribution is 2.29. The van der Waals surface area contributed by atoms with Gasteiger partial charge in [0.15, 0.2) is 34.7 Å². The Morgan fingerprint density at radius 3 is 2.11 bits per heavy atom. The van der Waals surface area contributed by atoms with Crippen LogP contribution in [0.1, 0.15) is 10.5 Å². The molecule has 8 heteroatoms. The first-order valence-corrected chi connectivity index (χ1v) is 4.45. The zero-order chi connectivity index (χ0) is 13.4. The monoisotopic (exact) mass is 261 g/mol. The van der Waals surface area contributed by atoms with Gasteiger partial charge in [0.25, 0.3) is 0 Å². The fourth-order valence-corrected chi connectivity index (χ4v) is 1.28. The number of benzene rings is 1. The van der Waals surface area contributed by atoms with E-state index < -0.39 is 46.3 Å². The molecule has 0 radical (unpaired) electrons. The minimum atomic E-state index is -1.69. The molecule has 0 fully saturated rings. The Balaban J connectivity index is 2.66. The Kier molecular flexibility index (Phi) is 2.77. The quantitative estimate of drug-likeness (QED) is 0.666. The van der Waals surface area contributed by atoms with Gasteiger partial charge in [0.1, 0.15) is 0 Å². The molecule has 0 aliphatic carbocycles. The lowest BCUT2D eigenvalue weighted by atomic mass is 10.1. The zero-order valence-corrected chi connectivity index (χ0v) is 8.38. The normalized spacial score (nSPS) is 10.7. The molecule has 94 valence electrons. The van der Waals surface area contributed by atoms with Crippen LogP contribution in [0.3, 0.4) is 0 Å². The topological polar surface area (TPSA) is 63.3 Å². The molecule has 0 bridgehead atoms. The van der Waals surface area contributed by atoms with Crippen molar-refractivity contribution in [3.63, 3.8) is 0 Å². The van der Waals surface area contributed by atoms with Gasteiger partial charge >= 0.3 is 5.97 Å². The number of aromatic nitrogens is 1. The van der Waals surface area contributed by atoms with Gasteiger partial charge in [-0.3, -0.25) is 0 Å². The number of carboxylic acid groups (broad SMARTS) is 1. The molecule has 1 aromatic carbocycles. The lowest BCUT2D eigenvalue weighted by Crippen LogP contribution is -1.98. The van der Waals surface area contributed by atoms with Crippen molar-refractivity contribution in [1.82, 2.24) is 5.16 Å². The highest BCUT2D eigenvalue weighted by molar-refractivity contribution is 5.86. The molecule has 0 saturated heterocycles. The van der Waals surface area contributed by atoms with Gasteiger partial charge in [-0.05, 0) is 0 Å². The predicted molar refractivity (Wildman–Crippen MR) is 48.7 cm³/mol. The molecule has 2 aromatic rings. The van der Waals surface area contributed by atoms with E-state index in [-0.39, 0.29) is 6.07 Å². The number of carbonyl (C=O) groups is 1. The number of nitrogens with zero attached hydrogens (tertiary/aromatic N) is 1. The summed E-state index contributed by atoms with van der Waals surface area (Å²) in [5, 5.41) is 11.5. The summed E-state index contributed by atoms with van der Waals surface area (Å²) in [5.41, 5.74) is -1.79. The van der Waals surface area contributed by atoms with Gasteiger partial charge in [0.05, 0.1) is 5.56 Å². The predicted octanol–water partition coefficient (Wildman–Crippen LogP) is 2.60. The first-order chi connectivity index (χ1) is 8.41. The third kappa shape index (κ3) is 1.81. The van der Waals surface area contributed by atoms with Gasteiger partial charge in [-0.2, -0.15) is 0 Å². The summed E-state index contributed by atoms with van der Waals surface area (Å²) >= 11 is 0. The number of carboxylic acids is 1. The molecule has 2 rings (SSSR count). The molecule has 0 amide bonds. The molecule has 0 aliphatic heterocycles. The second-order valence-corrected chi connectivity index (χ2v) is 3.22. The number of hydrogen-bond donors (Lipinski definition) is 1. The van der Waals surface area contributed by atoms with Crippen molar-refractivity contribution in [3.05, 3.63) is 41.1 Å². The Morgan fingerprint density at radius 2 is 1.67 bits per heavy atom. The molecule has 0 atom stereocenters. The Hall–Kier alpha value is -2.38. The molecule has 0 spiro atoms. The summed E-state index contributed by atoms with van der Waals surface area (Å²) in [5.74, 6) is -8.87. The molecule has 4 nitrogen and oxygen atoms in total. The van der Waals surface area contributed by atoms with Crippen LogP contribution in [0.25, 0.3) is 11.3 Å². The molecule has 0 unspecified atom stereocenters. The molecule has 1 aromatic heterocycles. The number of aromatic carboxylic acids is 1. The molecular weight excluding hydrogens is 258 g/mol. The van der Waals surface area contributed by atoms with Crippen LogP contribution in [0.2, 0.25) is 0 Å². The van der Waals surface area contributed by atoms with E-state index in [1.54, 1.807) is 0 Å². The number of rotatable bonds is 2. The minimum absolute atomic E-state index is 0.0304. The third-order valence-electron chi connectivity index (χ3n) is 2.09. The van der Waals surface area contributed by atoms with E-state index in [0.29, 0.717) is 6.07 Å². The van der Waals surface area contributed by atoms with Gasteiger partial charge in [0.2, 0.25) is 0 Å². The van der Waals surface area contributed by atoms with Crippen LogP contribution < -0.4 is 0 Å². The fourth-order valence-electron chi connectivity index (χ4n) is 1.28. The molecule has 18 heavy (non-hydrogen) atoms. The maximum absolute atomic E-state index is 13.3. The van der Waals surface area contributed by atoms with Crippen LogP contribution in [0.15, 0.2) is 16.7 Å². The van der Waals surface area contributed by atoms with Crippen LogP contribution in [-0.4, -0.2) is 16.2 Å². The average Bonchev–Trinajstić information content (AvgIpc) is 2.76. The van der Waals surface area contributed by atoms with E-state index in [2.05, 4.69) is 9.68 Å². The fraction of sp³-hybridized carbons (Fsp3) is 0. The first-order valence-electron chi connectivity index (χ1n) is 4.45. The van der Waals surface area contributed by atoms with Crippen molar-refractivity contribution in [2.24, 2.45) is 0 Å². The number of halogens is 4. The van der Waals surface area contributed by atoms with Crippen molar-refractivity contribution in [2.45, 2.75) is 0 Å². The van der Waals surface area contributed by atoms with E-state index in [4.69, 9.17) is 5.11 Å². The molecule has 1 heterocycles. The van der Waals surface area contributed by atoms with Crippen LogP contribution in [-0.2, 0) is 0 Å². The van der Waals surface area contributed by atoms with Gasteiger partial charge in [-0.25, -0.2) is 22.4 Å². The lowest BCUT2D eigenvalue weighted by Gasteiger charge is -2.02. The summed E-state index contributed by atoms with van der Waals surface area (Å²) in [4.78, 5) is 10.5. The van der Waals surface area contributed by atoms with Gasteiger partial charge in [-0.15, -0.1) is 0 Å². The highest BCUT2D eigenvalue weighted by Gasteiger charge is 2.24. The minimum Gasteiger partial charge on any atom is -0.476 e. The average molecular weight is 261 g/mol. The van der Waals surface area contributed by atoms with Gasteiger partial charge in [0, 0.05) is 12.1 Å². The maximum Gasteiger partial charge on any atom is 0.358 e. The smallest absolute Gasteiger partial charge is 0.358 e. The Morgan fingerprint density at radius 1 is 1.11 bits per heavy atom. The summed E-state index contributed by atoms with van der Waals surface area (Å²) in [6.07, 6.45) is 0. The van der Waals surface area contributed by atoms with E-state index in [0.717, 1.165) is 0 Å². The van der Waals surface area contributed by atoms with Crippen molar-refractivity contribution in [3.8, 4) is 11.3 Å². The first kappa shape index (κ1) is 12.1. The van der Waals surface area contributed by atoms with Crippen LogP contribution in [0.4, 0.5) is 17.6 Å². The second kappa shape index (κ2) is 4.13. The zero-order valence-electron chi connectivity index (χ0n) is 8.38. The van der Waals surface area contributed by atoms with Crippen molar-refractivity contribution < 1.29 is 32.0 Å². The van der Waals surface area contributed by atoms with Crippen LogP contribution in [0, 0.1) is 23.3 Å². The highest BCUT2D eigenvalue weighted by atomic mass is 19.2. The summed E-state index contributed by atoms with van der Waals surface area (Å²) in [7, 11) is 0. The van der Waals surface area contributed by atoms with E-state index in [9.17, 15) is 22.4 Å². The third-order valence-corrected chi connectivity index (χ3v) is 2.09. The van der Waals surface area contributed by atoms with Gasteiger partial charge < -0.3 is 9.63 Å². The van der Waals surface area contributed by atoms with E-state index in [1.165, 1.54) is 0 Å². The van der Waals surface area contributed by atoms with E-state index in [1.807, 2.05) is 0 Å². The second-order valence-electron chi connectivity index (χ2n) is 3.22. The largest absolute Gasteiger partial charge is 0.476 e. The van der Waals surface area contributed by atoms with Crippen molar-refractivity contribution in [1.29, 1.82) is 0 Å². The van der Waals surface area contributed by atoms with Crippen molar-refractivity contribution in [2.75, 3.05) is 0 Å². The maximum atomic E-state index is 13.3. The Labute approximate surface area is 96.4 Å². The Bertz CT molecular complexity index is 612. The van der Waals surface area contributed by atoms with Crippen LogP contribution in [0.5, 0.6) is 0 Å². The molecule has 0 aliphatic rings. The summed E-state index contributed by atoms with van der Waals surface area (Å²) in [6, 6.07) is 0.686. The molecule has 0 saturated carbocycles. The van der Waals surface area contributed by atoms with Crippen molar-refractivity contribution >= 4 is 5.97 Å². The molecule has 1 N–H and O–H groups in total. The summed E-state index contributed by atoms with van der Waals surface area (Å²) in [6.45, 7) is 0. The van der Waals surface area contributed by atoms with E-state index >= 15 is 0 Å². The molecular formula is C10H3F4NO3. The van der Waals surface area contributed by atoms with Crippen LogP contribution >= 0.6 is 0 Å². The standard InChI is InChI=1S/C10H3F4NO3/c11-3-1-4(12)9(14)7(8(3)13)6-2-5(10(16)17)15-18-6/h1-2H,(H,16,17). The lowest BCUT2D eigenvalue weighted by molar-refractivity contribution is 0.0686. The SMILES string of the molecule is O=C(O)c1cc(-c2c(F)c(F)cc(F)c2F)on1.